The predicted octanol–water partition coefficient (Wildman–Crippen LogP) is 2.65. The van der Waals surface area contributed by atoms with Crippen molar-refractivity contribution >= 4 is 5.97 Å². The van der Waals surface area contributed by atoms with Gasteiger partial charge in [-0.2, -0.15) is 27.1 Å². The molecule has 18 heavy (non-hydrogen) atoms. The molecule has 0 atom stereocenters. The zero-order valence-corrected chi connectivity index (χ0v) is 9.13. The number of carboxylic acid groups (broad SMARTS) is 1. The van der Waals surface area contributed by atoms with Crippen molar-refractivity contribution in [2.24, 2.45) is 0 Å². The number of aromatic nitrogens is 2. The maximum atomic E-state index is 13.3. The zero-order chi connectivity index (χ0) is 14.1. The molecule has 0 amide bonds. The summed E-state index contributed by atoms with van der Waals surface area (Å²) in [5.41, 5.74) is -2.78. The summed E-state index contributed by atoms with van der Waals surface area (Å²) in [6.07, 6.45) is -5.14. The highest BCUT2D eigenvalue weighted by Gasteiger charge is 2.62. The molecule has 0 radical (unpaired) electrons. The van der Waals surface area contributed by atoms with Gasteiger partial charge in [-0.15, -0.1) is 0 Å². The Morgan fingerprint density at radius 3 is 2.33 bits per heavy atom. The van der Waals surface area contributed by atoms with Crippen LogP contribution in [0.5, 0.6) is 0 Å². The van der Waals surface area contributed by atoms with Crippen LogP contribution in [0.25, 0.3) is 0 Å². The standard InChI is InChI=1S/C9H9F5N2O2/c1-2-3-16-6(5(4-15-16)7(17)18)8(10,11)9(12,13)14/h4H,2-3H2,1H3,(H,17,18). The van der Waals surface area contributed by atoms with Gasteiger partial charge in [0.25, 0.3) is 0 Å². The fraction of sp³-hybridized carbons (Fsp3) is 0.556. The molecular formula is C9H9F5N2O2. The van der Waals surface area contributed by atoms with E-state index in [-0.39, 0.29) is 13.0 Å². The van der Waals surface area contributed by atoms with Crippen LogP contribution in [0.1, 0.15) is 29.4 Å². The van der Waals surface area contributed by atoms with Crippen molar-refractivity contribution in [2.45, 2.75) is 32.0 Å². The predicted molar refractivity (Wildman–Crippen MR) is 49.4 cm³/mol. The molecule has 4 nitrogen and oxygen atoms in total. The summed E-state index contributed by atoms with van der Waals surface area (Å²) in [5, 5.41) is 11.9. The first-order valence-corrected chi connectivity index (χ1v) is 4.87. The van der Waals surface area contributed by atoms with Crippen LogP contribution in [0, 0.1) is 0 Å². The van der Waals surface area contributed by atoms with Gasteiger partial charge in [-0.25, -0.2) is 4.79 Å². The number of carbonyl (C=O) groups is 1. The molecule has 0 unspecified atom stereocenters. The van der Waals surface area contributed by atoms with E-state index in [1.165, 1.54) is 6.92 Å². The summed E-state index contributed by atoms with van der Waals surface area (Å²) >= 11 is 0. The smallest absolute Gasteiger partial charge is 0.459 e. The topological polar surface area (TPSA) is 55.1 Å². The highest BCUT2D eigenvalue weighted by molar-refractivity contribution is 5.89. The number of carboxylic acids is 1. The molecule has 102 valence electrons. The molecule has 9 heteroatoms. The molecular weight excluding hydrogens is 263 g/mol. The van der Waals surface area contributed by atoms with E-state index in [0.29, 0.717) is 10.9 Å². The van der Waals surface area contributed by atoms with Gasteiger partial charge >= 0.3 is 18.1 Å². The second kappa shape index (κ2) is 4.54. The Kier molecular flexibility index (Phi) is 3.63. The lowest BCUT2D eigenvalue weighted by Gasteiger charge is -2.21. The third kappa shape index (κ3) is 2.29. The summed E-state index contributed by atoms with van der Waals surface area (Å²) in [6, 6.07) is 0. The maximum absolute atomic E-state index is 13.3. The van der Waals surface area contributed by atoms with Gasteiger partial charge in [-0.3, -0.25) is 4.68 Å². The summed E-state index contributed by atoms with van der Waals surface area (Å²) in [4.78, 5) is 10.7. The van der Waals surface area contributed by atoms with Crippen molar-refractivity contribution in [2.75, 3.05) is 0 Å². The van der Waals surface area contributed by atoms with Gasteiger partial charge in [0.15, 0.2) is 0 Å². The Bertz CT molecular complexity index is 452. The van der Waals surface area contributed by atoms with E-state index < -0.39 is 29.3 Å². The SMILES string of the molecule is CCCn1ncc(C(=O)O)c1C(F)(F)C(F)(F)F. The number of alkyl halides is 5. The summed E-state index contributed by atoms with van der Waals surface area (Å²) in [6.45, 7) is 1.31. The quantitative estimate of drug-likeness (QED) is 0.857. The van der Waals surface area contributed by atoms with E-state index in [0.717, 1.165) is 0 Å². The average Bonchev–Trinajstić information content (AvgIpc) is 2.60. The van der Waals surface area contributed by atoms with Crippen LogP contribution >= 0.6 is 0 Å². The fourth-order valence-electron chi connectivity index (χ4n) is 1.39. The van der Waals surface area contributed by atoms with Crippen molar-refractivity contribution in [1.29, 1.82) is 0 Å². The Hall–Kier alpha value is -1.67. The highest BCUT2D eigenvalue weighted by atomic mass is 19.4. The zero-order valence-electron chi connectivity index (χ0n) is 9.13. The minimum Gasteiger partial charge on any atom is -0.478 e. The van der Waals surface area contributed by atoms with Crippen LogP contribution < -0.4 is 0 Å². The Morgan fingerprint density at radius 1 is 1.39 bits per heavy atom. The monoisotopic (exact) mass is 272 g/mol. The third-order valence-electron chi connectivity index (χ3n) is 2.16. The molecule has 1 rings (SSSR count). The molecule has 0 aromatic carbocycles. The van der Waals surface area contributed by atoms with Gasteiger partial charge < -0.3 is 5.11 Å². The normalized spacial score (nSPS) is 12.8. The first-order chi connectivity index (χ1) is 8.13. The molecule has 1 aromatic rings. The molecule has 0 fully saturated rings. The van der Waals surface area contributed by atoms with Gasteiger partial charge in [-0.1, -0.05) is 6.92 Å². The van der Waals surface area contributed by atoms with E-state index in [4.69, 9.17) is 5.11 Å². The lowest BCUT2D eigenvalue weighted by atomic mass is 10.1. The van der Waals surface area contributed by atoms with Crippen molar-refractivity contribution in [3.63, 3.8) is 0 Å². The Morgan fingerprint density at radius 2 is 1.94 bits per heavy atom. The Labute approximate surface area is 98.0 Å². The lowest BCUT2D eigenvalue weighted by molar-refractivity contribution is -0.292. The molecule has 0 bridgehead atoms. The Balaban J connectivity index is 3.44. The molecule has 0 spiro atoms. The van der Waals surface area contributed by atoms with Crippen LogP contribution in [0.4, 0.5) is 22.0 Å². The lowest BCUT2D eigenvalue weighted by Crippen LogP contribution is -2.37. The minimum absolute atomic E-state index is 0.228. The molecule has 1 aromatic heterocycles. The largest absolute Gasteiger partial charge is 0.478 e. The van der Waals surface area contributed by atoms with E-state index in [9.17, 15) is 26.7 Å². The second-order valence-corrected chi connectivity index (χ2v) is 3.51. The molecule has 0 aliphatic carbocycles. The first-order valence-electron chi connectivity index (χ1n) is 4.87. The van der Waals surface area contributed by atoms with Crippen LogP contribution in [-0.2, 0) is 12.5 Å². The van der Waals surface area contributed by atoms with E-state index in [1.54, 1.807) is 0 Å². The number of halogens is 5. The number of aryl methyl sites for hydroxylation is 1. The van der Waals surface area contributed by atoms with Gasteiger partial charge in [0, 0.05) is 6.54 Å². The van der Waals surface area contributed by atoms with Crippen molar-refractivity contribution in [3.8, 4) is 0 Å². The first kappa shape index (κ1) is 14.4. The molecule has 0 aliphatic heterocycles. The molecule has 0 saturated heterocycles. The van der Waals surface area contributed by atoms with Crippen molar-refractivity contribution in [1.82, 2.24) is 9.78 Å². The maximum Gasteiger partial charge on any atom is 0.459 e. The van der Waals surface area contributed by atoms with Crippen LogP contribution in [0.3, 0.4) is 0 Å². The number of aromatic carboxylic acids is 1. The fourth-order valence-corrected chi connectivity index (χ4v) is 1.39. The second-order valence-electron chi connectivity index (χ2n) is 3.51. The summed E-state index contributed by atoms with van der Waals surface area (Å²) < 4.78 is 63.7. The number of nitrogens with zero attached hydrogens (tertiary/aromatic N) is 2. The molecule has 0 saturated carbocycles. The molecule has 0 aliphatic rings. The number of hydrogen-bond donors (Lipinski definition) is 1. The van der Waals surface area contributed by atoms with Crippen LogP contribution in [0.15, 0.2) is 6.20 Å². The van der Waals surface area contributed by atoms with Gasteiger partial charge in [-0.05, 0) is 6.42 Å². The van der Waals surface area contributed by atoms with E-state index in [1.807, 2.05) is 0 Å². The van der Waals surface area contributed by atoms with Gasteiger partial charge in [0.1, 0.15) is 11.3 Å². The van der Waals surface area contributed by atoms with E-state index >= 15 is 0 Å². The molecule has 1 N–H and O–H groups in total. The summed E-state index contributed by atoms with van der Waals surface area (Å²) in [7, 11) is 0. The van der Waals surface area contributed by atoms with Gasteiger partial charge in [0.05, 0.1) is 6.20 Å². The van der Waals surface area contributed by atoms with E-state index in [2.05, 4.69) is 5.10 Å². The number of hydrogen-bond acceptors (Lipinski definition) is 2. The van der Waals surface area contributed by atoms with Crippen molar-refractivity contribution in [3.05, 3.63) is 17.5 Å². The molecule has 1 heterocycles. The number of rotatable bonds is 4. The summed E-state index contributed by atoms with van der Waals surface area (Å²) in [5.74, 6) is -7.14. The van der Waals surface area contributed by atoms with Gasteiger partial charge in [0.2, 0.25) is 0 Å². The third-order valence-corrected chi connectivity index (χ3v) is 2.16. The average molecular weight is 272 g/mol. The van der Waals surface area contributed by atoms with Crippen molar-refractivity contribution < 1.29 is 31.9 Å². The minimum atomic E-state index is -5.87. The highest BCUT2D eigenvalue weighted by Crippen LogP contribution is 2.45. The van der Waals surface area contributed by atoms with Crippen LogP contribution in [-0.4, -0.2) is 27.0 Å². The van der Waals surface area contributed by atoms with Crippen LogP contribution in [0.2, 0.25) is 0 Å².